The highest BCUT2D eigenvalue weighted by Gasteiger charge is 2.38. The van der Waals surface area contributed by atoms with Gasteiger partial charge in [-0.2, -0.15) is 13.2 Å². The number of nitrogens with zero attached hydrogens (tertiary/aromatic N) is 1. The molecule has 0 aliphatic heterocycles. The normalized spacial score (nSPS) is 11.7. The summed E-state index contributed by atoms with van der Waals surface area (Å²) in [6, 6.07) is 8.07. The number of carbonyl (C=O) groups is 1. The second-order valence-corrected chi connectivity index (χ2v) is 5.12. The Hall–Kier alpha value is -2.90. The molecule has 1 aromatic heterocycles. The number of benzene rings is 2. The molecule has 24 heavy (non-hydrogen) atoms. The Morgan fingerprint density at radius 3 is 2.46 bits per heavy atom. The molecule has 0 aliphatic rings. The first-order valence-corrected chi connectivity index (χ1v) is 6.79. The Balaban J connectivity index is 1.99. The van der Waals surface area contributed by atoms with Crippen LogP contribution in [0.15, 0.2) is 40.8 Å². The van der Waals surface area contributed by atoms with E-state index in [1.165, 1.54) is 36.4 Å². The van der Waals surface area contributed by atoms with Gasteiger partial charge in [0, 0.05) is 11.3 Å². The molecule has 0 fully saturated rings. The maximum Gasteiger partial charge on any atom is 0.471 e. The van der Waals surface area contributed by atoms with Crippen LogP contribution in [0, 0.1) is 12.7 Å². The third-order valence-corrected chi connectivity index (χ3v) is 3.28. The van der Waals surface area contributed by atoms with Gasteiger partial charge < -0.3 is 9.73 Å². The zero-order valence-electron chi connectivity index (χ0n) is 12.2. The average molecular weight is 338 g/mol. The summed E-state index contributed by atoms with van der Waals surface area (Å²) in [6.07, 6.45) is -4.98. The number of rotatable bonds is 2. The molecule has 124 valence electrons. The molecule has 1 N–H and O–H groups in total. The van der Waals surface area contributed by atoms with Crippen LogP contribution in [0.3, 0.4) is 0 Å². The van der Waals surface area contributed by atoms with Crippen LogP contribution in [0.25, 0.3) is 22.6 Å². The molecular weight excluding hydrogens is 328 g/mol. The molecule has 0 unspecified atom stereocenters. The second-order valence-electron chi connectivity index (χ2n) is 5.12. The first kappa shape index (κ1) is 16.0. The van der Waals surface area contributed by atoms with Crippen molar-refractivity contribution in [1.29, 1.82) is 0 Å². The van der Waals surface area contributed by atoms with E-state index in [1.54, 1.807) is 12.2 Å². The number of halogens is 4. The maximum absolute atomic E-state index is 13.0. The molecule has 1 amide bonds. The third kappa shape index (κ3) is 3.08. The largest absolute Gasteiger partial charge is 0.471 e. The van der Waals surface area contributed by atoms with Crippen molar-refractivity contribution in [3.63, 3.8) is 0 Å². The number of anilines is 1. The zero-order valence-corrected chi connectivity index (χ0v) is 12.2. The van der Waals surface area contributed by atoms with E-state index in [2.05, 4.69) is 4.98 Å². The summed E-state index contributed by atoms with van der Waals surface area (Å²) in [5.74, 6) is -2.28. The number of hydrogen-bond donors (Lipinski definition) is 1. The van der Waals surface area contributed by atoms with Gasteiger partial charge in [0.1, 0.15) is 11.3 Å². The molecular formula is C16H10F4N2O2. The highest BCUT2D eigenvalue weighted by molar-refractivity contribution is 5.97. The average Bonchev–Trinajstić information content (AvgIpc) is 2.91. The van der Waals surface area contributed by atoms with Crippen LogP contribution in [0.5, 0.6) is 0 Å². The van der Waals surface area contributed by atoms with E-state index in [9.17, 15) is 22.4 Å². The highest BCUT2D eigenvalue weighted by Crippen LogP contribution is 2.29. The van der Waals surface area contributed by atoms with Gasteiger partial charge in [-0.1, -0.05) is 0 Å². The molecule has 8 heteroatoms. The molecule has 0 radical (unpaired) electrons. The number of nitrogens with one attached hydrogen (secondary N) is 1. The molecule has 0 bridgehead atoms. The van der Waals surface area contributed by atoms with Crippen molar-refractivity contribution in [3.05, 3.63) is 47.8 Å². The number of carbonyl (C=O) groups excluding carboxylic acids is 1. The fourth-order valence-electron chi connectivity index (χ4n) is 2.19. The predicted octanol–water partition coefficient (Wildman–Crippen LogP) is 4.44. The van der Waals surface area contributed by atoms with E-state index >= 15 is 0 Å². The Bertz CT molecular complexity index is 914. The fraction of sp³-hybridized carbons (Fsp3) is 0.125. The molecule has 1 heterocycles. The molecule has 0 saturated carbocycles. The number of alkyl halides is 3. The lowest BCUT2D eigenvalue weighted by atomic mass is 10.2. The molecule has 0 aliphatic carbocycles. The minimum atomic E-state index is -4.98. The van der Waals surface area contributed by atoms with E-state index in [-0.39, 0.29) is 17.1 Å². The number of hydrogen-bond acceptors (Lipinski definition) is 3. The van der Waals surface area contributed by atoms with E-state index in [0.717, 1.165) is 0 Å². The molecule has 0 saturated heterocycles. The topological polar surface area (TPSA) is 55.1 Å². The molecule has 0 atom stereocenters. The van der Waals surface area contributed by atoms with Gasteiger partial charge in [0.05, 0.1) is 0 Å². The molecule has 0 spiro atoms. The van der Waals surface area contributed by atoms with Crippen molar-refractivity contribution in [3.8, 4) is 11.5 Å². The SMILES string of the molecule is Cc1cc(NC(=O)C(F)(F)F)cc2nc(-c3ccc(F)cc3)oc12. The van der Waals surface area contributed by atoms with Crippen molar-refractivity contribution in [2.24, 2.45) is 0 Å². The Morgan fingerprint density at radius 2 is 1.83 bits per heavy atom. The molecule has 4 nitrogen and oxygen atoms in total. The van der Waals surface area contributed by atoms with Gasteiger partial charge in [-0.3, -0.25) is 4.79 Å². The summed E-state index contributed by atoms with van der Waals surface area (Å²) in [5.41, 5.74) is 1.64. The molecule has 3 rings (SSSR count). The van der Waals surface area contributed by atoms with E-state index in [1.807, 2.05) is 0 Å². The van der Waals surface area contributed by atoms with Crippen molar-refractivity contribution in [2.75, 3.05) is 5.32 Å². The van der Waals surface area contributed by atoms with Crippen LogP contribution in [-0.4, -0.2) is 17.1 Å². The van der Waals surface area contributed by atoms with Gasteiger partial charge in [0.15, 0.2) is 5.58 Å². The second kappa shape index (κ2) is 5.63. The van der Waals surface area contributed by atoms with Gasteiger partial charge in [-0.25, -0.2) is 9.37 Å². The summed E-state index contributed by atoms with van der Waals surface area (Å²) in [5, 5.41) is 1.78. The van der Waals surface area contributed by atoms with Crippen molar-refractivity contribution in [2.45, 2.75) is 13.1 Å². The Labute approximate surface area is 133 Å². The van der Waals surface area contributed by atoms with Gasteiger partial charge in [0.25, 0.3) is 0 Å². The van der Waals surface area contributed by atoms with Crippen LogP contribution in [0.2, 0.25) is 0 Å². The Kier molecular flexibility index (Phi) is 3.75. The monoisotopic (exact) mass is 338 g/mol. The lowest BCUT2D eigenvalue weighted by molar-refractivity contribution is -0.167. The van der Waals surface area contributed by atoms with Crippen molar-refractivity contribution >= 4 is 22.7 Å². The van der Waals surface area contributed by atoms with Crippen LogP contribution >= 0.6 is 0 Å². The third-order valence-electron chi connectivity index (χ3n) is 3.28. The summed E-state index contributed by atoms with van der Waals surface area (Å²) < 4.78 is 55.5. The fourth-order valence-corrected chi connectivity index (χ4v) is 2.19. The van der Waals surface area contributed by atoms with Gasteiger partial charge >= 0.3 is 12.1 Å². The number of oxazole rings is 1. The first-order chi connectivity index (χ1) is 11.2. The first-order valence-electron chi connectivity index (χ1n) is 6.79. The van der Waals surface area contributed by atoms with E-state index < -0.39 is 17.9 Å². The minimum absolute atomic E-state index is 0.0405. The lowest BCUT2D eigenvalue weighted by Gasteiger charge is -2.08. The van der Waals surface area contributed by atoms with E-state index in [0.29, 0.717) is 16.7 Å². The van der Waals surface area contributed by atoms with Crippen molar-refractivity contribution in [1.82, 2.24) is 4.98 Å². The predicted molar refractivity (Wildman–Crippen MR) is 78.8 cm³/mol. The van der Waals surface area contributed by atoms with Crippen LogP contribution < -0.4 is 5.32 Å². The highest BCUT2D eigenvalue weighted by atomic mass is 19.4. The standard InChI is InChI=1S/C16H10F4N2O2/c1-8-6-11(21-15(23)16(18,19)20)7-12-13(8)24-14(22-12)9-2-4-10(17)5-3-9/h2-7H,1H3,(H,21,23). The number of fused-ring (bicyclic) bond motifs is 1. The number of aromatic nitrogens is 1. The van der Waals surface area contributed by atoms with E-state index in [4.69, 9.17) is 4.42 Å². The zero-order chi connectivity index (χ0) is 17.5. The summed E-state index contributed by atoms with van der Waals surface area (Å²) >= 11 is 0. The number of amides is 1. The lowest BCUT2D eigenvalue weighted by Crippen LogP contribution is -2.29. The van der Waals surface area contributed by atoms with Gasteiger partial charge in [0.2, 0.25) is 5.89 Å². The summed E-state index contributed by atoms with van der Waals surface area (Å²) in [7, 11) is 0. The van der Waals surface area contributed by atoms with Crippen molar-refractivity contribution < 1.29 is 26.8 Å². The summed E-state index contributed by atoms with van der Waals surface area (Å²) in [6.45, 7) is 1.62. The van der Waals surface area contributed by atoms with Crippen LogP contribution in [-0.2, 0) is 4.79 Å². The smallest absolute Gasteiger partial charge is 0.436 e. The maximum atomic E-state index is 13.0. The van der Waals surface area contributed by atoms with Gasteiger partial charge in [-0.15, -0.1) is 0 Å². The minimum Gasteiger partial charge on any atom is -0.436 e. The number of aryl methyl sites for hydroxylation is 1. The Morgan fingerprint density at radius 1 is 1.17 bits per heavy atom. The van der Waals surface area contributed by atoms with Crippen LogP contribution in [0.4, 0.5) is 23.2 Å². The van der Waals surface area contributed by atoms with Gasteiger partial charge in [-0.05, 0) is 48.9 Å². The summed E-state index contributed by atoms with van der Waals surface area (Å²) in [4.78, 5) is 15.2. The quantitative estimate of drug-likeness (QED) is 0.703. The molecule has 3 aromatic rings. The van der Waals surface area contributed by atoms with Crippen LogP contribution in [0.1, 0.15) is 5.56 Å². The molecule has 2 aromatic carbocycles.